The second-order valence-corrected chi connectivity index (χ2v) is 7.29. The molecule has 0 atom stereocenters. The van der Waals surface area contributed by atoms with Gasteiger partial charge in [0.05, 0.1) is 28.9 Å². The number of aromatic carboxylic acids is 1. The van der Waals surface area contributed by atoms with E-state index in [2.05, 4.69) is 9.71 Å². The molecule has 0 spiro atoms. The van der Waals surface area contributed by atoms with Crippen LogP contribution in [0.5, 0.6) is 5.75 Å². The number of hydrogen-bond donors (Lipinski definition) is 2. The third-order valence-electron chi connectivity index (χ3n) is 3.21. The quantitative estimate of drug-likeness (QED) is 0.785. The Morgan fingerprint density at radius 3 is 2.52 bits per heavy atom. The highest BCUT2D eigenvalue weighted by atomic mass is 35.5. The lowest BCUT2D eigenvalue weighted by Gasteiger charge is -2.15. The molecule has 0 radical (unpaired) electrons. The first-order valence-corrected chi connectivity index (χ1v) is 8.79. The number of ether oxygens (including phenoxy) is 1. The van der Waals surface area contributed by atoms with Gasteiger partial charge >= 0.3 is 5.97 Å². The summed E-state index contributed by atoms with van der Waals surface area (Å²) in [6.45, 7) is 0. The Labute approximate surface area is 150 Å². The number of nitrogens with zero attached hydrogens (tertiary/aromatic N) is 2. The predicted molar refractivity (Wildman–Crippen MR) is 94.3 cm³/mol. The lowest BCUT2D eigenvalue weighted by Crippen LogP contribution is -2.18. The monoisotopic (exact) mass is 385 g/mol. The Bertz CT molecular complexity index is 915. The van der Waals surface area contributed by atoms with Crippen LogP contribution in [0.25, 0.3) is 0 Å². The first kappa shape index (κ1) is 18.8. The molecule has 1 heterocycles. The maximum Gasteiger partial charge on any atom is 0.339 e. The molecule has 25 heavy (non-hydrogen) atoms. The topological polar surface area (TPSA) is 109 Å². The van der Waals surface area contributed by atoms with Crippen molar-refractivity contribution >= 4 is 39.1 Å². The fourth-order valence-corrected chi connectivity index (χ4v) is 3.44. The number of hydrogen-bond acceptors (Lipinski definition) is 6. The summed E-state index contributed by atoms with van der Waals surface area (Å²) >= 11 is 5.95. The minimum absolute atomic E-state index is 0.0231. The zero-order valence-corrected chi connectivity index (χ0v) is 15.2. The highest BCUT2D eigenvalue weighted by molar-refractivity contribution is 7.92. The maximum absolute atomic E-state index is 12.5. The van der Waals surface area contributed by atoms with Gasteiger partial charge in [-0.2, -0.15) is 0 Å². The van der Waals surface area contributed by atoms with E-state index < -0.39 is 16.0 Å². The summed E-state index contributed by atoms with van der Waals surface area (Å²) in [4.78, 5) is 16.8. The number of carboxylic acid groups (broad SMARTS) is 1. The van der Waals surface area contributed by atoms with Crippen molar-refractivity contribution in [2.45, 2.75) is 4.90 Å². The van der Waals surface area contributed by atoms with Crippen molar-refractivity contribution in [3.05, 3.63) is 41.0 Å². The van der Waals surface area contributed by atoms with Crippen LogP contribution in [0.15, 0.2) is 35.4 Å². The lowest BCUT2D eigenvalue weighted by atomic mass is 10.2. The average Bonchev–Trinajstić information content (AvgIpc) is 2.54. The van der Waals surface area contributed by atoms with Gasteiger partial charge in [-0.25, -0.2) is 18.2 Å². The molecule has 0 aliphatic rings. The molecule has 1 aromatic heterocycles. The Hall–Kier alpha value is -2.52. The van der Waals surface area contributed by atoms with Crippen LogP contribution in [0.3, 0.4) is 0 Å². The van der Waals surface area contributed by atoms with Crippen LogP contribution in [0.2, 0.25) is 5.02 Å². The van der Waals surface area contributed by atoms with Crippen molar-refractivity contribution in [2.24, 2.45) is 0 Å². The number of methoxy groups -OCH3 is 1. The van der Waals surface area contributed by atoms with Gasteiger partial charge in [0.15, 0.2) is 0 Å². The molecule has 8 nitrogen and oxygen atoms in total. The van der Waals surface area contributed by atoms with E-state index in [0.717, 1.165) is 0 Å². The van der Waals surface area contributed by atoms with Crippen molar-refractivity contribution in [3.63, 3.8) is 0 Å². The fourth-order valence-electron chi connectivity index (χ4n) is 2.06. The largest absolute Gasteiger partial charge is 0.495 e. The van der Waals surface area contributed by atoms with Gasteiger partial charge in [0.25, 0.3) is 10.0 Å². The van der Waals surface area contributed by atoms with Crippen LogP contribution >= 0.6 is 11.6 Å². The molecule has 10 heteroatoms. The van der Waals surface area contributed by atoms with E-state index in [1.54, 1.807) is 14.1 Å². The number of aromatic nitrogens is 1. The van der Waals surface area contributed by atoms with Gasteiger partial charge in [0.1, 0.15) is 17.1 Å². The Morgan fingerprint density at radius 2 is 2.00 bits per heavy atom. The van der Waals surface area contributed by atoms with E-state index in [1.165, 1.54) is 42.5 Å². The minimum Gasteiger partial charge on any atom is -0.495 e. The second-order valence-electron chi connectivity index (χ2n) is 5.20. The number of halogens is 1. The minimum atomic E-state index is -3.97. The van der Waals surface area contributed by atoms with Crippen LogP contribution in [0, 0.1) is 0 Å². The molecule has 0 unspecified atom stereocenters. The van der Waals surface area contributed by atoms with Gasteiger partial charge in [0, 0.05) is 14.1 Å². The summed E-state index contributed by atoms with van der Waals surface area (Å²) in [6.07, 6.45) is 1.24. The average molecular weight is 386 g/mol. The fraction of sp³-hybridized carbons (Fsp3) is 0.200. The Kier molecular flexibility index (Phi) is 5.39. The zero-order chi connectivity index (χ0) is 18.8. The molecule has 2 rings (SSSR count). The first-order chi connectivity index (χ1) is 11.7. The van der Waals surface area contributed by atoms with E-state index in [0.29, 0.717) is 5.75 Å². The zero-order valence-electron chi connectivity index (χ0n) is 13.6. The molecule has 0 amide bonds. The Morgan fingerprint density at radius 1 is 1.32 bits per heavy atom. The number of benzene rings is 1. The van der Waals surface area contributed by atoms with Crippen LogP contribution in [0.4, 0.5) is 11.5 Å². The van der Waals surface area contributed by atoms with Crippen molar-refractivity contribution < 1.29 is 23.1 Å². The summed E-state index contributed by atoms with van der Waals surface area (Å²) in [5.74, 6) is -0.668. The van der Waals surface area contributed by atoms with Gasteiger partial charge in [-0.3, -0.25) is 4.72 Å². The molecule has 0 bridgehead atoms. The Balaban J connectivity index is 2.39. The van der Waals surface area contributed by atoms with Gasteiger partial charge in [-0.15, -0.1) is 0 Å². The van der Waals surface area contributed by atoms with Crippen molar-refractivity contribution in [2.75, 3.05) is 30.8 Å². The molecule has 2 aromatic rings. The normalized spacial score (nSPS) is 11.0. The number of pyridine rings is 1. The second kappa shape index (κ2) is 7.16. The number of rotatable bonds is 6. The molecular weight excluding hydrogens is 370 g/mol. The maximum atomic E-state index is 12.5. The number of nitrogens with one attached hydrogen (secondary N) is 1. The number of sulfonamides is 1. The lowest BCUT2D eigenvalue weighted by molar-refractivity contribution is 0.0697. The van der Waals surface area contributed by atoms with E-state index in [1.807, 2.05) is 0 Å². The molecule has 0 aliphatic carbocycles. The van der Waals surface area contributed by atoms with Crippen molar-refractivity contribution in [1.82, 2.24) is 4.98 Å². The third-order valence-corrected chi connectivity index (χ3v) is 4.88. The summed E-state index contributed by atoms with van der Waals surface area (Å²) in [5, 5.41) is 9.41. The third kappa shape index (κ3) is 4.12. The highest BCUT2D eigenvalue weighted by Gasteiger charge is 2.19. The van der Waals surface area contributed by atoms with E-state index in [9.17, 15) is 18.3 Å². The van der Waals surface area contributed by atoms with Crippen LogP contribution in [-0.4, -0.2) is 45.7 Å². The van der Waals surface area contributed by atoms with Gasteiger partial charge in [0.2, 0.25) is 0 Å². The number of carboxylic acids is 1. The molecule has 2 N–H and O–H groups in total. The first-order valence-electron chi connectivity index (χ1n) is 6.92. The summed E-state index contributed by atoms with van der Waals surface area (Å²) in [7, 11) is 0.717. The SMILES string of the molecule is COc1ccc(S(=O)(=O)Nc2cnc(N(C)C)c(C(=O)O)c2)cc1Cl. The van der Waals surface area contributed by atoms with Crippen LogP contribution in [0.1, 0.15) is 10.4 Å². The summed E-state index contributed by atoms with van der Waals surface area (Å²) < 4.78 is 32.2. The molecule has 1 aromatic carbocycles. The summed E-state index contributed by atoms with van der Waals surface area (Å²) in [5.41, 5.74) is -0.104. The van der Waals surface area contributed by atoms with Gasteiger partial charge in [-0.1, -0.05) is 11.6 Å². The number of anilines is 2. The molecule has 0 fully saturated rings. The van der Waals surface area contributed by atoms with Crippen molar-refractivity contribution in [1.29, 1.82) is 0 Å². The van der Waals surface area contributed by atoms with E-state index in [4.69, 9.17) is 16.3 Å². The molecule has 0 aliphatic heterocycles. The van der Waals surface area contributed by atoms with Gasteiger partial charge in [-0.05, 0) is 24.3 Å². The van der Waals surface area contributed by atoms with Crippen molar-refractivity contribution in [3.8, 4) is 5.75 Å². The molecule has 0 saturated heterocycles. The number of carbonyl (C=O) groups is 1. The summed E-state index contributed by atoms with van der Waals surface area (Å²) in [6, 6.07) is 5.19. The van der Waals surface area contributed by atoms with E-state index >= 15 is 0 Å². The van der Waals surface area contributed by atoms with Crippen LogP contribution in [-0.2, 0) is 10.0 Å². The smallest absolute Gasteiger partial charge is 0.339 e. The standard InChI is InChI=1S/C15H16ClN3O5S/c1-19(2)14-11(15(20)21)6-9(8-17-14)18-25(22,23)10-4-5-13(24-3)12(16)7-10/h4-8,18H,1-3H3,(H,20,21). The molecule has 134 valence electrons. The molecule has 0 saturated carbocycles. The predicted octanol–water partition coefficient (Wildman–Crippen LogP) is 2.31. The molecular formula is C15H16ClN3O5S. The highest BCUT2D eigenvalue weighted by Crippen LogP contribution is 2.28. The van der Waals surface area contributed by atoms with Crippen LogP contribution < -0.4 is 14.4 Å². The van der Waals surface area contributed by atoms with Gasteiger partial charge < -0.3 is 14.7 Å². The van der Waals surface area contributed by atoms with E-state index in [-0.39, 0.29) is 27.0 Å².